The number of nitrogens with zero attached hydrogens (tertiary/aromatic N) is 1. The van der Waals surface area contributed by atoms with E-state index in [9.17, 15) is 13.9 Å². The average Bonchev–Trinajstić information content (AvgIpc) is 2.69. The molecule has 3 aromatic rings. The van der Waals surface area contributed by atoms with Crippen LogP contribution >= 0.6 is 0 Å². The normalized spacial score (nSPS) is 12.4. The highest BCUT2D eigenvalue weighted by molar-refractivity contribution is 5.65. The van der Waals surface area contributed by atoms with E-state index >= 15 is 0 Å². The van der Waals surface area contributed by atoms with Crippen molar-refractivity contribution in [3.8, 4) is 11.1 Å². The summed E-state index contributed by atoms with van der Waals surface area (Å²) in [6.45, 7) is 4.51. The van der Waals surface area contributed by atoms with Gasteiger partial charge in [0.2, 0.25) is 0 Å². The number of aliphatic hydroxyl groups excluding tert-OH is 1. The van der Waals surface area contributed by atoms with Crippen LogP contribution < -0.4 is 5.32 Å². The third kappa shape index (κ3) is 5.00. The third-order valence-electron chi connectivity index (χ3n) is 4.69. The van der Waals surface area contributed by atoms with E-state index in [0.717, 1.165) is 22.3 Å². The fraction of sp³-hybridized carbons (Fsp3) is 0.261. The molecule has 2 aromatic carbocycles. The van der Waals surface area contributed by atoms with Crippen LogP contribution in [0.1, 0.15) is 40.4 Å². The van der Waals surface area contributed by atoms with Crippen LogP contribution in [0, 0.1) is 13.8 Å². The van der Waals surface area contributed by atoms with E-state index in [1.54, 1.807) is 6.07 Å². The van der Waals surface area contributed by atoms with Gasteiger partial charge >= 0.3 is 0 Å². The van der Waals surface area contributed by atoms with Crippen molar-refractivity contribution >= 4 is 0 Å². The summed E-state index contributed by atoms with van der Waals surface area (Å²) in [6.07, 6.45) is -1.20. The number of aryl methyl sites for hydroxylation is 2. The van der Waals surface area contributed by atoms with Crippen molar-refractivity contribution in [2.45, 2.75) is 32.9 Å². The van der Waals surface area contributed by atoms with E-state index < -0.39 is 6.43 Å². The largest absolute Gasteiger partial charge is 0.394 e. The van der Waals surface area contributed by atoms with Crippen molar-refractivity contribution in [1.29, 1.82) is 0 Å². The molecule has 0 aliphatic carbocycles. The number of nitrogens with one attached hydrogen (secondary N) is 1. The van der Waals surface area contributed by atoms with Gasteiger partial charge in [-0.1, -0.05) is 53.6 Å². The van der Waals surface area contributed by atoms with Crippen LogP contribution in [0.3, 0.4) is 0 Å². The second-order valence-electron chi connectivity index (χ2n) is 7.01. The van der Waals surface area contributed by atoms with Crippen molar-refractivity contribution in [1.82, 2.24) is 10.3 Å². The summed E-state index contributed by atoms with van der Waals surface area (Å²) in [5.41, 5.74) is 6.17. The highest BCUT2D eigenvalue weighted by Gasteiger charge is 2.13. The lowest BCUT2D eigenvalue weighted by Gasteiger charge is -2.17. The predicted molar refractivity (Wildman–Crippen MR) is 107 cm³/mol. The summed E-state index contributed by atoms with van der Waals surface area (Å²) in [4.78, 5) is 3.78. The smallest absolute Gasteiger partial charge is 0.280 e. The molecule has 28 heavy (non-hydrogen) atoms. The molecule has 0 unspecified atom stereocenters. The van der Waals surface area contributed by atoms with Crippen molar-refractivity contribution in [3.05, 3.63) is 88.7 Å². The Hall–Kier alpha value is -2.63. The summed E-state index contributed by atoms with van der Waals surface area (Å²) < 4.78 is 25.3. The van der Waals surface area contributed by atoms with E-state index in [2.05, 4.69) is 66.6 Å². The van der Waals surface area contributed by atoms with Crippen molar-refractivity contribution in [2.75, 3.05) is 6.61 Å². The van der Waals surface area contributed by atoms with Gasteiger partial charge in [-0.2, -0.15) is 0 Å². The molecule has 3 rings (SSSR count). The number of hydrogen-bond donors (Lipinski definition) is 2. The molecular formula is C23H24F2N2O. The zero-order chi connectivity index (χ0) is 20.1. The molecule has 146 valence electrons. The number of benzene rings is 2. The van der Waals surface area contributed by atoms with Crippen molar-refractivity contribution in [2.24, 2.45) is 0 Å². The summed E-state index contributed by atoms with van der Waals surface area (Å²) >= 11 is 0. The first-order valence-electron chi connectivity index (χ1n) is 9.22. The van der Waals surface area contributed by atoms with Crippen LogP contribution in [0.25, 0.3) is 11.1 Å². The highest BCUT2D eigenvalue weighted by atomic mass is 19.3. The minimum atomic E-state index is -2.60. The van der Waals surface area contributed by atoms with Gasteiger partial charge in [0.15, 0.2) is 0 Å². The van der Waals surface area contributed by atoms with Crippen LogP contribution in [0.15, 0.2) is 60.8 Å². The lowest BCUT2D eigenvalue weighted by atomic mass is 9.99. The van der Waals surface area contributed by atoms with E-state index in [0.29, 0.717) is 12.1 Å². The number of pyridine rings is 1. The maximum atomic E-state index is 12.7. The Labute approximate surface area is 164 Å². The summed E-state index contributed by atoms with van der Waals surface area (Å²) in [7, 11) is 0. The number of aliphatic hydroxyl groups is 1. The average molecular weight is 382 g/mol. The van der Waals surface area contributed by atoms with Gasteiger partial charge < -0.3 is 10.4 Å². The molecule has 0 spiro atoms. The predicted octanol–water partition coefficient (Wildman–Crippen LogP) is 5.13. The number of hydrogen-bond acceptors (Lipinski definition) is 3. The van der Waals surface area contributed by atoms with Crippen LogP contribution in [0.4, 0.5) is 8.78 Å². The first kappa shape index (κ1) is 20.1. The van der Waals surface area contributed by atoms with E-state index in [-0.39, 0.29) is 18.3 Å². The molecule has 0 radical (unpaired) electrons. The second-order valence-corrected chi connectivity index (χ2v) is 7.01. The lowest BCUT2D eigenvalue weighted by molar-refractivity contribution is 0.146. The zero-order valence-corrected chi connectivity index (χ0v) is 16.0. The van der Waals surface area contributed by atoms with E-state index in [4.69, 9.17) is 0 Å². The van der Waals surface area contributed by atoms with Crippen LogP contribution in [0.5, 0.6) is 0 Å². The number of alkyl halides is 2. The van der Waals surface area contributed by atoms with E-state index in [1.165, 1.54) is 17.8 Å². The van der Waals surface area contributed by atoms with Gasteiger partial charge in [-0.15, -0.1) is 0 Å². The Morgan fingerprint density at radius 2 is 1.68 bits per heavy atom. The van der Waals surface area contributed by atoms with Gasteiger partial charge in [0.05, 0.1) is 12.6 Å². The van der Waals surface area contributed by atoms with Crippen LogP contribution in [-0.2, 0) is 6.54 Å². The highest BCUT2D eigenvalue weighted by Crippen LogP contribution is 2.24. The molecule has 0 saturated carbocycles. The molecule has 0 bridgehead atoms. The van der Waals surface area contributed by atoms with Gasteiger partial charge in [0.1, 0.15) is 5.69 Å². The lowest BCUT2D eigenvalue weighted by Crippen LogP contribution is -2.24. The summed E-state index contributed by atoms with van der Waals surface area (Å²) in [6, 6.07) is 17.3. The Balaban J connectivity index is 1.74. The quantitative estimate of drug-likeness (QED) is 0.596. The SMILES string of the molecule is Cc1ccc(-c2cc(C)cc(CN[C@H](CO)c3ccc(C(F)F)nc3)c2)cc1. The minimum Gasteiger partial charge on any atom is -0.394 e. The first-order valence-corrected chi connectivity index (χ1v) is 9.22. The topological polar surface area (TPSA) is 45.1 Å². The van der Waals surface area contributed by atoms with Gasteiger partial charge in [0.25, 0.3) is 6.43 Å². The van der Waals surface area contributed by atoms with Gasteiger partial charge in [-0.05, 0) is 48.2 Å². The van der Waals surface area contributed by atoms with E-state index in [1.807, 2.05) is 0 Å². The Morgan fingerprint density at radius 1 is 0.929 bits per heavy atom. The molecule has 2 N–H and O–H groups in total. The maximum absolute atomic E-state index is 12.7. The van der Waals surface area contributed by atoms with Crippen LogP contribution in [-0.4, -0.2) is 16.7 Å². The molecule has 0 aliphatic heterocycles. The zero-order valence-electron chi connectivity index (χ0n) is 16.0. The minimum absolute atomic E-state index is 0.146. The summed E-state index contributed by atoms with van der Waals surface area (Å²) in [5, 5.41) is 13.0. The monoisotopic (exact) mass is 382 g/mol. The fourth-order valence-corrected chi connectivity index (χ4v) is 3.16. The second kappa shape index (κ2) is 9.04. The number of halogens is 2. The Morgan fingerprint density at radius 3 is 2.29 bits per heavy atom. The van der Waals surface area contributed by atoms with Crippen LogP contribution in [0.2, 0.25) is 0 Å². The van der Waals surface area contributed by atoms with Gasteiger partial charge in [-0.3, -0.25) is 4.98 Å². The molecule has 0 fully saturated rings. The number of aromatic nitrogens is 1. The van der Waals surface area contributed by atoms with Gasteiger partial charge in [-0.25, -0.2) is 8.78 Å². The molecule has 0 amide bonds. The molecular weight excluding hydrogens is 358 g/mol. The van der Waals surface area contributed by atoms with Gasteiger partial charge in [0, 0.05) is 12.7 Å². The molecule has 1 heterocycles. The number of rotatable bonds is 7. The van der Waals surface area contributed by atoms with Crippen molar-refractivity contribution < 1.29 is 13.9 Å². The third-order valence-corrected chi connectivity index (χ3v) is 4.69. The Kier molecular flexibility index (Phi) is 6.49. The summed E-state index contributed by atoms with van der Waals surface area (Å²) in [5.74, 6) is 0. The standard InChI is InChI=1S/C23H24F2N2O/c1-15-3-5-18(6-4-15)20-10-16(2)9-17(11-20)12-26-22(14-28)19-7-8-21(23(24)25)27-13-19/h3-11,13,22-23,26,28H,12,14H2,1-2H3/t22-/m1/s1. The fourth-order valence-electron chi connectivity index (χ4n) is 3.16. The first-order chi connectivity index (χ1) is 13.5. The van der Waals surface area contributed by atoms with Crippen molar-refractivity contribution in [3.63, 3.8) is 0 Å². The molecule has 1 atom stereocenters. The Bertz CT molecular complexity index is 909. The molecule has 0 aliphatic rings. The molecule has 5 heteroatoms. The maximum Gasteiger partial charge on any atom is 0.280 e. The molecule has 0 saturated heterocycles. The molecule has 3 nitrogen and oxygen atoms in total. The molecule has 1 aromatic heterocycles.